The van der Waals surface area contributed by atoms with Gasteiger partial charge in [0.1, 0.15) is 0 Å². The molecular formula is C11H15KO4. The zero-order valence-corrected chi connectivity index (χ0v) is 13.2. The summed E-state index contributed by atoms with van der Waals surface area (Å²) >= 11 is 0. The van der Waals surface area contributed by atoms with Gasteiger partial charge in [0.25, 0.3) is 0 Å². The van der Waals surface area contributed by atoms with Crippen molar-refractivity contribution in [1.82, 2.24) is 0 Å². The standard InChI is InChI=1S/C11H16O4.K/c1-3-15-11(14)10(13)8-6-4-5-7(2)9(8)12;/h7,13H,3-6H2,1-2H3;/q;+1/p-1/b10-8-;. The normalized spacial score (nSPS) is 23.4. The molecule has 0 aromatic heterocycles. The van der Waals surface area contributed by atoms with Crippen LogP contribution in [0, 0.1) is 5.92 Å². The molecule has 0 radical (unpaired) electrons. The third-order valence-electron chi connectivity index (χ3n) is 2.54. The molecule has 1 saturated carbocycles. The zero-order valence-electron chi connectivity index (χ0n) is 10.0. The second-order valence-corrected chi connectivity index (χ2v) is 3.69. The van der Waals surface area contributed by atoms with Crippen LogP contribution in [0.4, 0.5) is 0 Å². The number of carbonyl (C=O) groups is 2. The van der Waals surface area contributed by atoms with Crippen LogP contribution in [0.15, 0.2) is 11.3 Å². The predicted molar refractivity (Wildman–Crippen MR) is 51.7 cm³/mol. The first-order valence-corrected chi connectivity index (χ1v) is 5.19. The molecular weight excluding hydrogens is 235 g/mol. The number of hydrogen-bond acceptors (Lipinski definition) is 4. The van der Waals surface area contributed by atoms with Crippen molar-refractivity contribution < 1.29 is 70.8 Å². The Morgan fingerprint density at radius 2 is 2.19 bits per heavy atom. The van der Waals surface area contributed by atoms with Gasteiger partial charge in [-0.3, -0.25) is 4.79 Å². The molecule has 0 heterocycles. The third-order valence-corrected chi connectivity index (χ3v) is 2.54. The van der Waals surface area contributed by atoms with E-state index < -0.39 is 11.7 Å². The van der Waals surface area contributed by atoms with Crippen molar-refractivity contribution in [1.29, 1.82) is 0 Å². The molecule has 1 rings (SSSR count). The van der Waals surface area contributed by atoms with Gasteiger partial charge in [0, 0.05) is 5.92 Å². The summed E-state index contributed by atoms with van der Waals surface area (Å²) in [7, 11) is 0. The van der Waals surface area contributed by atoms with E-state index >= 15 is 0 Å². The van der Waals surface area contributed by atoms with Gasteiger partial charge >= 0.3 is 57.4 Å². The molecule has 1 fully saturated rings. The minimum atomic E-state index is -0.907. The summed E-state index contributed by atoms with van der Waals surface area (Å²) in [5.41, 5.74) is 0.118. The largest absolute Gasteiger partial charge is 1.00 e. The van der Waals surface area contributed by atoms with Crippen molar-refractivity contribution in [3.8, 4) is 0 Å². The summed E-state index contributed by atoms with van der Waals surface area (Å²) in [4.78, 5) is 22.8. The van der Waals surface area contributed by atoms with Crippen LogP contribution in [0.2, 0.25) is 0 Å². The summed E-state index contributed by atoms with van der Waals surface area (Å²) < 4.78 is 4.58. The fourth-order valence-electron chi connectivity index (χ4n) is 1.68. The molecule has 0 aliphatic heterocycles. The molecule has 1 aliphatic carbocycles. The number of rotatable bonds is 2. The molecule has 0 amide bonds. The maximum atomic E-state index is 11.6. The van der Waals surface area contributed by atoms with E-state index in [1.165, 1.54) is 0 Å². The van der Waals surface area contributed by atoms with Gasteiger partial charge in [-0.2, -0.15) is 0 Å². The van der Waals surface area contributed by atoms with Gasteiger partial charge in [-0.15, -0.1) is 0 Å². The molecule has 1 unspecified atom stereocenters. The van der Waals surface area contributed by atoms with Crippen molar-refractivity contribution in [2.45, 2.75) is 33.1 Å². The first kappa shape index (κ1) is 16.3. The van der Waals surface area contributed by atoms with Crippen molar-refractivity contribution in [2.75, 3.05) is 6.61 Å². The first-order chi connectivity index (χ1) is 7.07. The molecule has 0 bridgehead atoms. The van der Waals surface area contributed by atoms with E-state index in [-0.39, 0.29) is 75.3 Å². The second kappa shape index (κ2) is 7.61. The molecule has 0 N–H and O–H groups in total. The molecule has 1 atom stereocenters. The van der Waals surface area contributed by atoms with E-state index in [2.05, 4.69) is 4.74 Å². The Hall–Kier alpha value is 0.316. The Balaban J connectivity index is 0.00000225. The van der Waals surface area contributed by atoms with Gasteiger partial charge in [-0.1, -0.05) is 6.92 Å². The van der Waals surface area contributed by atoms with E-state index in [0.717, 1.165) is 12.8 Å². The van der Waals surface area contributed by atoms with Crippen molar-refractivity contribution >= 4 is 11.8 Å². The average molecular weight is 250 g/mol. The van der Waals surface area contributed by atoms with Gasteiger partial charge in [-0.25, -0.2) is 4.79 Å². The smallest absolute Gasteiger partial charge is 0.867 e. The predicted octanol–water partition coefficient (Wildman–Crippen LogP) is -2.44. The van der Waals surface area contributed by atoms with Crippen molar-refractivity contribution in [3.63, 3.8) is 0 Å². The monoisotopic (exact) mass is 250 g/mol. The number of hydrogen-bond donors (Lipinski definition) is 0. The Kier molecular flexibility index (Phi) is 7.76. The molecule has 4 nitrogen and oxygen atoms in total. The van der Waals surface area contributed by atoms with Gasteiger partial charge < -0.3 is 9.84 Å². The molecule has 16 heavy (non-hydrogen) atoms. The number of esters is 1. The van der Waals surface area contributed by atoms with E-state index in [0.29, 0.717) is 6.42 Å². The molecule has 0 saturated heterocycles. The number of Topliss-reactive ketones (excluding diaryl/α,β-unsaturated/α-hetero) is 1. The fraction of sp³-hybridized carbons (Fsp3) is 0.636. The Morgan fingerprint density at radius 1 is 1.56 bits per heavy atom. The minimum Gasteiger partial charge on any atom is -0.867 e. The average Bonchev–Trinajstić information content (AvgIpc) is 2.21. The first-order valence-electron chi connectivity index (χ1n) is 5.19. The number of ether oxygens (including phenoxy) is 1. The van der Waals surface area contributed by atoms with Gasteiger partial charge in [0.15, 0.2) is 5.78 Å². The Bertz CT molecular complexity index is 309. The Morgan fingerprint density at radius 3 is 2.75 bits per heavy atom. The molecule has 0 spiro atoms. The summed E-state index contributed by atoms with van der Waals surface area (Å²) in [6, 6.07) is 0. The SMILES string of the molecule is CCOC(=O)/C([O-])=C1\CCCC(C)C1=O.[K+]. The minimum absolute atomic E-state index is 0. The van der Waals surface area contributed by atoms with E-state index in [1.54, 1.807) is 13.8 Å². The van der Waals surface area contributed by atoms with Crippen LogP contribution in [0.5, 0.6) is 0 Å². The maximum absolute atomic E-state index is 11.6. The van der Waals surface area contributed by atoms with Crippen LogP contribution < -0.4 is 56.5 Å². The summed E-state index contributed by atoms with van der Waals surface area (Å²) in [6.45, 7) is 3.56. The van der Waals surface area contributed by atoms with Gasteiger partial charge in [-0.05, 0) is 37.5 Å². The number of ketones is 1. The molecule has 0 aromatic carbocycles. The van der Waals surface area contributed by atoms with Gasteiger partial charge in [0.05, 0.1) is 6.61 Å². The second-order valence-electron chi connectivity index (χ2n) is 3.69. The molecule has 1 aliphatic rings. The van der Waals surface area contributed by atoms with Crippen LogP contribution in [0.3, 0.4) is 0 Å². The van der Waals surface area contributed by atoms with Crippen LogP contribution in [0.25, 0.3) is 0 Å². The Labute approximate surface area is 138 Å². The molecule has 5 heteroatoms. The van der Waals surface area contributed by atoms with E-state index in [1.807, 2.05) is 0 Å². The van der Waals surface area contributed by atoms with Crippen molar-refractivity contribution in [3.05, 3.63) is 11.3 Å². The molecule has 0 aromatic rings. The summed E-state index contributed by atoms with van der Waals surface area (Å²) in [5.74, 6) is -2.00. The van der Waals surface area contributed by atoms with E-state index in [4.69, 9.17) is 0 Å². The number of carbonyl (C=O) groups excluding carboxylic acids is 2. The quantitative estimate of drug-likeness (QED) is 0.236. The van der Waals surface area contributed by atoms with Crippen LogP contribution in [0.1, 0.15) is 33.1 Å². The van der Waals surface area contributed by atoms with Crippen LogP contribution in [-0.4, -0.2) is 18.4 Å². The maximum Gasteiger partial charge on any atom is 1.00 e. The zero-order chi connectivity index (χ0) is 11.4. The topological polar surface area (TPSA) is 66.4 Å². The van der Waals surface area contributed by atoms with Crippen LogP contribution >= 0.6 is 0 Å². The van der Waals surface area contributed by atoms with Crippen molar-refractivity contribution in [2.24, 2.45) is 5.92 Å². The molecule has 84 valence electrons. The third kappa shape index (κ3) is 3.96. The van der Waals surface area contributed by atoms with Gasteiger partial charge in [0.2, 0.25) is 0 Å². The number of allylic oxidation sites excluding steroid dienone is 1. The fourth-order valence-corrected chi connectivity index (χ4v) is 1.68. The van der Waals surface area contributed by atoms with E-state index in [9.17, 15) is 14.7 Å². The summed E-state index contributed by atoms with van der Waals surface area (Å²) in [6.07, 6.45) is 1.98. The summed E-state index contributed by atoms with van der Waals surface area (Å²) in [5, 5.41) is 11.5. The van der Waals surface area contributed by atoms with Crippen LogP contribution in [-0.2, 0) is 14.3 Å².